The van der Waals surface area contributed by atoms with E-state index in [4.69, 9.17) is 9.47 Å². The van der Waals surface area contributed by atoms with Crippen LogP contribution in [0.25, 0.3) is 0 Å². The number of guanidine groups is 1. The Hall–Kier alpha value is -1.55. The number of ether oxygens (including phenoxy) is 2. The summed E-state index contributed by atoms with van der Waals surface area (Å²) in [5, 5.41) is 7.64. The second-order valence-corrected chi connectivity index (χ2v) is 6.39. The second kappa shape index (κ2) is 11.9. The monoisotopic (exact) mass is 476 g/mol. The summed E-state index contributed by atoms with van der Waals surface area (Å²) in [5.74, 6) is 2.34. The van der Waals surface area contributed by atoms with Crippen molar-refractivity contribution in [2.24, 2.45) is 4.99 Å². The van der Waals surface area contributed by atoms with E-state index in [0.29, 0.717) is 13.2 Å². The third-order valence-corrected chi connectivity index (χ3v) is 4.20. The molecule has 0 aliphatic rings. The average molecular weight is 476 g/mol. The third-order valence-electron chi connectivity index (χ3n) is 3.23. The fraction of sp³-hybridized carbons (Fsp3) is 0.412. The minimum absolute atomic E-state index is 0. The molecule has 2 N–H and O–H groups in total. The number of benzene rings is 1. The van der Waals surface area contributed by atoms with E-state index in [1.165, 1.54) is 4.88 Å². The Balaban J connectivity index is 0.00000312. The number of thiazole rings is 1. The van der Waals surface area contributed by atoms with E-state index >= 15 is 0 Å². The highest BCUT2D eigenvalue weighted by atomic mass is 127. The molecular weight excluding hydrogens is 451 g/mol. The van der Waals surface area contributed by atoms with E-state index in [9.17, 15) is 0 Å². The Morgan fingerprint density at radius 1 is 1.24 bits per heavy atom. The molecule has 0 saturated carbocycles. The molecule has 0 radical (unpaired) electrons. The lowest BCUT2D eigenvalue weighted by Crippen LogP contribution is -2.40. The van der Waals surface area contributed by atoms with Gasteiger partial charge < -0.3 is 20.1 Å². The molecule has 0 spiro atoms. The van der Waals surface area contributed by atoms with Gasteiger partial charge in [0.2, 0.25) is 0 Å². The van der Waals surface area contributed by atoms with E-state index in [0.717, 1.165) is 35.4 Å². The van der Waals surface area contributed by atoms with Crippen molar-refractivity contribution in [3.63, 3.8) is 0 Å². The number of hydrogen-bond donors (Lipinski definition) is 2. The Morgan fingerprint density at radius 3 is 2.68 bits per heavy atom. The normalized spacial score (nSPS) is 10.8. The lowest BCUT2D eigenvalue weighted by molar-refractivity contribution is 0.319. The van der Waals surface area contributed by atoms with Crippen LogP contribution >= 0.6 is 35.3 Å². The first-order valence-corrected chi connectivity index (χ1v) is 8.65. The van der Waals surface area contributed by atoms with Crippen molar-refractivity contribution in [1.82, 2.24) is 15.6 Å². The van der Waals surface area contributed by atoms with E-state index < -0.39 is 0 Å². The Bertz CT molecular complexity index is 664. The van der Waals surface area contributed by atoms with Crippen LogP contribution < -0.4 is 20.1 Å². The van der Waals surface area contributed by atoms with Crippen molar-refractivity contribution in [3.8, 4) is 11.5 Å². The maximum atomic E-state index is 5.69. The molecule has 0 atom stereocenters. The number of aromatic nitrogens is 1. The lowest BCUT2D eigenvalue weighted by atomic mass is 10.3. The maximum Gasteiger partial charge on any atom is 0.191 e. The molecule has 8 heteroatoms. The van der Waals surface area contributed by atoms with E-state index in [2.05, 4.69) is 27.5 Å². The molecule has 0 aliphatic carbocycles. The van der Waals surface area contributed by atoms with Crippen molar-refractivity contribution in [1.29, 1.82) is 0 Å². The van der Waals surface area contributed by atoms with Crippen LogP contribution in [0.1, 0.15) is 9.88 Å². The first-order valence-electron chi connectivity index (χ1n) is 7.84. The smallest absolute Gasteiger partial charge is 0.191 e. The van der Waals surface area contributed by atoms with Gasteiger partial charge in [0.25, 0.3) is 0 Å². The molecule has 6 nitrogen and oxygen atoms in total. The van der Waals surface area contributed by atoms with Gasteiger partial charge in [0.05, 0.1) is 18.7 Å². The van der Waals surface area contributed by atoms with Gasteiger partial charge in [0.1, 0.15) is 18.1 Å². The minimum Gasteiger partial charge on any atom is -0.497 e. The molecule has 2 aromatic rings. The largest absolute Gasteiger partial charge is 0.497 e. The van der Waals surface area contributed by atoms with Gasteiger partial charge in [-0.25, -0.2) is 4.98 Å². The van der Waals surface area contributed by atoms with Crippen LogP contribution in [0.4, 0.5) is 0 Å². The standard InChI is InChI=1S/C17H24N4O2S.HI/c1-13-12-21-16(24-13)7-8-19-17(18-2)20-9-10-23-15-6-4-5-14(11-15)22-3;/h4-6,11-12H,7-10H2,1-3H3,(H2,18,19,20);1H. The summed E-state index contributed by atoms with van der Waals surface area (Å²) in [6.45, 7) is 4.06. The summed E-state index contributed by atoms with van der Waals surface area (Å²) in [6, 6.07) is 7.57. The molecule has 138 valence electrons. The molecule has 1 aromatic carbocycles. The van der Waals surface area contributed by atoms with Gasteiger partial charge in [-0.2, -0.15) is 0 Å². The number of hydrogen-bond acceptors (Lipinski definition) is 5. The van der Waals surface area contributed by atoms with Gasteiger partial charge in [-0.3, -0.25) is 4.99 Å². The first-order chi connectivity index (χ1) is 11.7. The van der Waals surface area contributed by atoms with Gasteiger partial charge in [-0.1, -0.05) is 6.07 Å². The molecule has 0 bridgehead atoms. The number of nitrogens with zero attached hydrogens (tertiary/aromatic N) is 2. The SMILES string of the molecule is CN=C(NCCOc1cccc(OC)c1)NCCc1ncc(C)s1.I. The Labute approximate surface area is 170 Å². The predicted octanol–water partition coefficient (Wildman–Crippen LogP) is 2.86. The summed E-state index contributed by atoms with van der Waals surface area (Å²) >= 11 is 1.73. The Kier molecular flexibility index (Phi) is 10.2. The number of aliphatic imine (C=N–C) groups is 1. The van der Waals surface area contributed by atoms with E-state index in [1.54, 1.807) is 25.5 Å². The van der Waals surface area contributed by atoms with Gasteiger partial charge in [0, 0.05) is 37.2 Å². The molecule has 1 aromatic heterocycles. The fourth-order valence-corrected chi connectivity index (χ4v) is 2.84. The van der Waals surface area contributed by atoms with Gasteiger partial charge in [-0.15, -0.1) is 35.3 Å². The van der Waals surface area contributed by atoms with E-state index in [1.807, 2.05) is 30.5 Å². The van der Waals surface area contributed by atoms with Crippen LogP contribution in [0.3, 0.4) is 0 Å². The molecule has 1 heterocycles. The summed E-state index contributed by atoms with van der Waals surface area (Å²) < 4.78 is 10.9. The van der Waals surface area contributed by atoms with E-state index in [-0.39, 0.29) is 24.0 Å². The third kappa shape index (κ3) is 7.91. The quantitative estimate of drug-likeness (QED) is 0.266. The van der Waals surface area contributed by atoms with Gasteiger partial charge in [-0.05, 0) is 19.1 Å². The predicted molar refractivity (Wildman–Crippen MR) is 114 cm³/mol. The number of nitrogens with one attached hydrogen (secondary N) is 2. The molecule has 0 unspecified atom stereocenters. The summed E-state index contributed by atoms with van der Waals surface area (Å²) in [5.41, 5.74) is 0. The zero-order valence-electron chi connectivity index (χ0n) is 14.7. The second-order valence-electron chi connectivity index (χ2n) is 5.07. The summed E-state index contributed by atoms with van der Waals surface area (Å²) in [4.78, 5) is 9.79. The average Bonchev–Trinajstić information content (AvgIpc) is 3.02. The maximum absolute atomic E-state index is 5.69. The van der Waals surface area contributed by atoms with Crippen LogP contribution in [0.15, 0.2) is 35.5 Å². The number of halogens is 1. The first kappa shape index (κ1) is 21.5. The molecule has 0 saturated heterocycles. The zero-order valence-corrected chi connectivity index (χ0v) is 17.9. The lowest BCUT2D eigenvalue weighted by Gasteiger charge is -2.12. The highest BCUT2D eigenvalue weighted by Gasteiger charge is 2.01. The Morgan fingerprint density at radius 2 is 2.00 bits per heavy atom. The molecule has 2 rings (SSSR count). The van der Waals surface area contributed by atoms with Crippen LogP contribution in [-0.4, -0.2) is 44.8 Å². The van der Waals surface area contributed by atoms with Crippen molar-refractivity contribution in [2.75, 3.05) is 33.9 Å². The van der Waals surface area contributed by atoms with Crippen molar-refractivity contribution in [3.05, 3.63) is 40.3 Å². The molecule has 0 aliphatic heterocycles. The molecule has 0 amide bonds. The topological polar surface area (TPSA) is 67.8 Å². The number of rotatable bonds is 8. The zero-order chi connectivity index (χ0) is 17.2. The van der Waals surface area contributed by atoms with Crippen LogP contribution in [0, 0.1) is 6.92 Å². The van der Waals surface area contributed by atoms with Crippen LogP contribution in [-0.2, 0) is 6.42 Å². The summed E-state index contributed by atoms with van der Waals surface area (Å²) in [6.07, 6.45) is 2.79. The van der Waals surface area contributed by atoms with Crippen molar-refractivity contribution >= 4 is 41.3 Å². The van der Waals surface area contributed by atoms with Crippen molar-refractivity contribution in [2.45, 2.75) is 13.3 Å². The number of aryl methyl sites for hydroxylation is 1. The molecule has 25 heavy (non-hydrogen) atoms. The minimum atomic E-state index is 0. The summed E-state index contributed by atoms with van der Waals surface area (Å²) in [7, 11) is 3.40. The fourth-order valence-electron chi connectivity index (χ4n) is 2.05. The van der Waals surface area contributed by atoms with Gasteiger partial charge in [0.15, 0.2) is 5.96 Å². The highest BCUT2D eigenvalue weighted by molar-refractivity contribution is 14.0. The van der Waals surface area contributed by atoms with Crippen LogP contribution in [0.5, 0.6) is 11.5 Å². The van der Waals surface area contributed by atoms with Crippen molar-refractivity contribution < 1.29 is 9.47 Å². The molecule has 0 fully saturated rings. The molecular formula is C17H25IN4O2S. The number of methoxy groups -OCH3 is 1. The highest BCUT2D eigenvalue weighted by Crippen LogP contribution is 2.18. The van der Waals surface area contributed by atoms with Gasteiger partial charge >= 0.3 is 0 Å². The van der Waals surface area contributed by atoms with Crippen LogP contribution in [0.2, 0.25) is 0 Å².